The maximum absolute atomic E-state index is 12.2. The lowest BCUT2D eigenvalue weighted by Crippen LogP contribution is -2.32. The summed E-state index contributed by atoms with van der Waals surface area (Å²) in [5.41, 5.74) is 2.01. The van der Waals surface area contributed by atoms with Crippen LogP contribution >= 0.6 is 11.8 Å². The first-order valence-corrected chi connectivity index (χ1v) is 8.87. The van der Waals surface area contributed by atoms with Crippen LogP contribution in [0.1, 0.15) is 25.8 Å². The molecule has 2 rings (SSSR count). The number of aryl methyl sites for hydroxylation is 1. The van der Waals surface area contributed by atoms with Crippen LogP contribution in [0.25, 0.3) is 5.69 Å². The van der Waals surface area contributed by atoms with Gasteiger partial charge in [0.1, 0.15) is 0 Å². The Morgan fingerprint density at radius 1 is 1.46 bits per heavy atom. The summed E-state index contributed by atoms with van der Waals surface area (Å²) in [5, 5.41) is 15.0. The van der Waals surface area contributed by atoms with E-state index in [4.69, 9.17) is 4.74 Å². The molecule has 0 bridgehead atoms. The van der Waals surface area contributed by atoms with E-state index >= 15 is 0 Å². The highest BCUT2D eigenvalue weighted by atomic mass is 32.2. The monoisotopic (exact) mass is 349 g/mol. The van der Waals surface area contributed by atoms with Gasteiger partial charge in [-0.3, -0.25) is 4.79 Å². The summed E-state index contributed by atoms with van der Waals surface area (Å²) < 4.78 is 6.90. The van der Waals surface area contributed by atoms with Gasteiger partial charge in [0.25, 0.3) is 0 Å². The first kappa shape index (κ1) is 18.4. The van der Waals surface area contributed by atoms with Gasteiger partial charge in [-0.15, -0.1) is 5.10 Å². The molecule has 1 amide bonds. The third kappa shape index (κ3) is 5.31. The van der Waals surface area contributed by atoms with Crippen LogP contribution < -0.4 is 5.32 Å². The predicted molar refractivity (Wildman–Crippen MR) is 93.3 cm³/mol. The van der Waals surface area contributed by atoms with Gasteiger partial charge in [-0.05, 0) is 55.3 Å². The Kier molecular flexibility index (Phi) is 7.20. The summed E-state index contributed by atoms with van der Waals surface area (Å²) in [6, 6.07) is 7.90. The molecule has 0 saturated heterocycles. The van der Waals surface area contributed by atoms with Crippen molar-refractivity contribution < 1.29 is 9.53 Å². The van der Waals surface area contributed by atoms with Crippen molar-refractivity contribution >= 4 is 17.7 Å². The van der Waals surface area contributed by atoms with E-state index < -0.39 is 0 Å². The smallest absolute Gasteiger partial charge is 0.233 e. The fourth-order valence-electron chi connectivity index (χ4n) is 2.06. The largest absolute Gasteiger partial charge is 0.382 e. The van der Waals surface area contributed by atoms with Crippen LogP contribution in [0.3, 0.4) is 0 Å². The van der Waals surface area contributed by atoms with Gasteiger partial charge in [0.15, 0.2) is 0 Å². The van der Waals surface area contributed by atoms with E-state index in [1.54, 1.807) is 4.68 Å². The summed E-state index contributed by atoms with van der Waals surface area (Å²) in [6.07, 6.45) is 0.804. The number of nitrogens with zero attached hydrogens (tertiary/aromatic N) is 4. The summed E-state index contributed by atoms with van der Waals surface area (Å²) in [5.74, 6) is -0.0321. The molecule has 1 aromatic heterocycles. The molecular formula is C16H23N5O2S. The zero-order valence-corrected chi connectivity index (χ0v) is 15.0. The molecule has 1 N–H and O–H groups in total. The molecular weight excluding hydrogens is 326 g/mol. The van der Waals surface area contributed by atoms with Crippen LogP contribution in [-0.4, -0.2) is 51.1 Å². The van der Waals surface area contributed by atoms with Crippen molar-refractivity contribution in [3.8, 4) is 5.69 Å². The third-order valence-corrected chi connectivity index (χ3v) is 4.34. The number of tetrazole rings is 1. The number of nitrogens with one attached hydrogen (secondary N) is 1. The van der Waals surface area contributed by atoms with Crippen molar-refractivity contribution in [3.63, 3.8) is 0 Å². The molecule has 0 aliphatic rings. The molecule has 1 atom stereocenters. The fourth-order valence-corrected chi connectivity index (χ4v) is 2.89. The van der Waals surface area contributed by atoms with Crippen molar-refractivity contribution in [2.45, 2.75) is 37.6 Å². The second kappa shape index (κ2) is 9.39. The second-order valence-corrected chi connectivity index (χ2v) is 6.62. The van der Waals surface area contributed by atoms with Crippen LogP contribution in [-0.2, 0) is 9.53 Å². The molecule has 24 heavy (non-hydrogen) atoms. The molecule has 0 aliphatic carbocycles. The number of rotatable bonds is 9. The van der Waals surface area contributed by atoms with E-state index in [2.05, 4.69) is 20.8 Å². The minimum absolute atomic E-state index is 0.0321. The van der Waals surface area contributed by atoms with Crippen LogP contribution in [0.15, 0.2) is 29.4 Å². The zero-order valence-electron chi connectivity index (χ0n) is 14.2. The van der Waals surface area contributed by atoms with E-state index in [0.717, 1.165) is 17.7 Å². The quantitative estimate of drug-likeness (QED) is 0.551. The van der Waals surface area contributed by atoms with Crippen molar-refractivity contribution in [2.24, 2.45) is 0 Å². The summed E-state index contributed by atoms with van der Waals surface area (Å²) in [6.45, 7) is 7.77. The Bertz CT molecular complexity index is 661. The predicted octanol–water partition coefficient (Wildman–Crippen LogP) is 1.99. The third-order valence-electron chi connectivity index (χ3n) is 3.31. The van der Waals surface area contributed by atoms with Crippen LogP contribution in [0.4, 0.5) is 0 Å². The van der Waals surface area contributed by atoms with E-state index in [9.17, 15) is 4.79 Å². The Morgan fingerprint density at radius 3 is 3.04 bits per heavy atom. The lowest BCUT2D eigenvalue weighted by Gasteiger charge is -2.12. The molecule has 2 aromatic rings. The lowest BCUT2D eigenvalue weighted by atomic mass is 10.2. The average Bonchev–Trinajstić information content (AvgIpc) is 3.02. The van der Waals surface area contributed by atoms with Gasteiger partial charge >= 0.3 is 0 Å². The topological polar surface area (TPSA) is 81.9 Å². The summed E-state index contributed by atoms with van der Waals surface area (Å²) in [7, 11) is 0. The maximum atomic E-state index is 12.2. The first-order valence-electron chi connectivity index (χ1n) is 7.99. The molecule has 8 heteroatoms. The minimum atomic E-state index is -0.286. The maximum Gasteiger partial charge on any atom is 0.233 e. The number of hydrogen-bond acceptors (Lipinski definition) is 6. The number of thioether (sulfide) groups is 1. The van der Waals surface area contributed by atoms with Crippen LogP contribution in [0.2, 0.25) is 0 Å². The van der Waals surface area contributed by atoms with Gasteiger partial charge in [-0.1, -0.05) is 23.9 Å². The molecule has 0 saturated carbocycles. The molecule has 1 aromatic carbocycles. The van der Waals surface area contributed by atoms with Gasteiger partial charge < -0.3 is 10.1 Å². The number of ether oxygens (including phenoxy) is 1. The fraction of sp³-hybridized carbons (Fsp3) is 0.500. The van der Waals surface area contributed by atoms with Crippen molar-refractivity contribution in [2.75, 3.05) is 19.8 Å². The average molecular weight is 349 g/mol. The molecule has 0 radical (unpaired) electrons. The van der Waals surface area contributed by atoms with E-state index in [1.165, 1.54) is 11.8 Å². The van der Waals surface area contributed by atoms with Crippen LogP contribution in [0, 0.1) is 6.92 Å². The van der Waals surface area contributed by atoms with Gasteiger partial charge in [0.05, 0.1) is 10.9 Å². The number of carbonyl (C=O) groups is 1. The van der Waals surface area contributed by atoms with Crippen molar-refractivity contribution in [1.29, 1.82) is 0 Å². The molecule has 0 spiro atoms. The second-order valence-electron chi connectivity index (χ2n) is 5.31. The SMILES string of the molecule is CCOCCCNC(=O)C(C)Sc1nnnn1-c1cccc(C)c1. The lowest BCUT2D eigenvalue weighted by molar-refractivity contribution is -0.120. The van der Waals surface area contributed by atoms with Crippen molar-refractivity contribution in [3.05, 3.63) is 29.8 Å². The molecule has 7 nitrogen and oxygen atoms in total. The normalized spacial score (nSPS) is 12.1. The summed E-state index contributed by atoms with van der Waals surface area (Å²) >= 11 is 1.34. The number of hydrogen-bond donors (Lipinski definition) is 1. The van der Waals surface area contributed by atoms with Gasteiger partial charge in [-0.2, -0.15) is 4.68 Å². The van der Waals surface area contributed by atoms with Gasteiger partial charge in [-0.25, -0.2) is 0 Å². The molecule has 0 fully saturated rings. The van der Waals surface area contributed by atoms with Crippen molar-refractivity contribution in [1.82, 2.24) is 25.5 Å². The van der Waals surface area contributed by atoms with E-state index in [1.807, 2.05) is 45.0 Å². The number of aromatic nitrogens is 4. The van der Waals surface area contributed by atoms with Gasteiger partial charge in [0, 0.05) is 19.8 Å². The van der Waals surface area contributed by atoms with Crippen LogP contribution in [0.5, 0.6) is 0 Å². The Hall–Kier alpha value is -1.93. The number of amides is 1. The Labute approximate surface area is 146 Å². The Balaban J connectivity index is 1.92. The molecule has 0 aliphatic heterocycles. The highest BCUT2D eigenvalue weighted by Crippen LogP contribution is 2.23. The number of carbonyl (C=O) groups excluding carboxylic acids is 1. The van der Waals surface area contributed by atoms with E-state index in [0.29, 0.717) is 24.9 Å². The summed E-state index contributed by atoms with van der Waals surface area (Å²) in [4.78, 5) is 12.2. The molecule has 1 heterocycles. The standard InChI is InChI=1S/C16H23N5O2S/c1-4-23-10-6-9-17-15(22)13(3)24-16-18-19-20-21(16)14-8-5-7-12(2)11-14/h5,7-8,11,13H,4,6,9-10H2,1-3H3,(H,17,22). The highest BCUT2D eigenvalue weighted by molar-refractivity contribution is 8.00. The molecule has 130 valence electrons. The van der Waals surface area contributed by atoms with E-state index in [-0.39, 0.29) is 11.2 Å². The zero-order chi connectivity index (χ0) is 17.4. The Morgan fingerprint density at radius 2 is 2.29 bits per heavy atom. The highest BCUT2D eigenvalue weighted by Gasteiger charge is 2.18. The number of benzene rings is 1. The first-order chi connectivity index (χ1) is 11.6. The van der Waals surface area contributed by atoms with Gasteiger partial charge in [0.2, 0.25) is 11.1 Å². The molecule has 1 unspecified atom stereocenters. The minimum Gasteiger partial charge on any atom is -0.382 e.